The van der Waals surface area contributed by atoms with Crippen molar-refractivity contribution >= 4 is 49.8 Å². The Morgan fingerprint density at radius 3 is 2.65 bits per heavy atom. The van der Waals surface area contributed by atoms with Gasteiger partial charge in [0.2, 0.25) is 5.90 Å². The SMILES string of the molecule is CCOc1c(Br)cc(/C=C2/N=C(c3ccccc3Br)OC2=O)cc1OC. The number of carbonyl (C=O) groups excluding carboxylic acids is 1. The van der Waals surface area contributed by atoms with E-state index in [1.54, 1.807) is 19.3 Å². The second kappa shape index (κ2) is 8.05. The molecule has 0 fully saturated rings. The zero-order valence-corrected chi connectivity index (χ0v) is 17.3. The number of methoxy groups -OCH3 is 1. The summed E-state index contributed by atoms with van der Waals surface area (Å²) in [6, 6.07) is 11.0. The Labute approximate surface area is 167 Å². The van der Waals surface area contributed by atoms with Crippen LogP contribution in [0.15, 0.2) is 56.0 Å². The predicted octanol–water partition coefficient (Wildman–Crippen LogP) is 4.96. The molecule has 0 aromatic heterocycles. The van der Waals surface area contributed by atoms with Gasteiger partial charge in [-0.1, -0.05) is 12.1 Å². The number of benzene rings is 2. The van der Waals surface area contributed by atoms with Crippen molar-refractivity contribution in [2.75, 3.05) is 13.7 Å². The number of aliphatic imine (C=N–C) groups is 1. The van der Waals surface area contributed by atoms with E-state index < -0.39 is 5.97 Å². The van der Waals surface area contributed by atoms with Crippen LogP contribution in [0.2, 0.25) is 0 Å². The first kappa shape index (κ1) is 18.7. The molecule has 1 heterocycles. The second-order valence-electron chi connectivity index (χ2n) is 5.28. The molecule has 0 aliphatic carbocycles. The highest BCUT2D eigenvalue weighted by molar-refractivity contribution is 9.10. The van der Waals surface area contributed by atoms with Crippen molar-refractivity contribution < 1.29 is 19.0 Å². The molecule has 0 spiro atoms. The van der Waals surface area contributed by atoms with Gasteiger partial charge in [-0.05, 0) is 74.7 Å². The van der Waals surface area contributed by atoms with Crippen LogP contribution in [0.1, 0.15) is 18.1 Å². The van der Waals surface area contributed by atoms with Gasteiger partial charge in [0.25, 0.3) is 0 Å². The smallest absolute Gasteiger partial charge is 0.363 e. The van der Waals surface area contributed by atoms with E-state index in [2.05, 4.69) is 36.9 Å². The van der Waals surface area contributed by atoms with Crippen LogP contribution in [0.25, 0.3) is 6.08 Å². The third-order valence-corrected chi connectivity index (χ3v) is 4.85. The van der Waals surface area contributed by atoms with Crippen LogP contribution in [-0.2, 0) is 9.53 Å². The molecule has 0 bridgehead atoms. The Morgan fingerprint density at radius 2 is 1.96 bits per heavy atom. The number of halogens is 2. The van der Waals surface area contributed by atoms with Gasteiger partial charge in [-0.2, -0.15) is 0 Å². The molecule has 1 aliphatic heterocycles. The number of ether oxygens (including phenoxy) is 3. The van der Waals surface area contributed by atoms with Crippen molar-refractivity contribution in [3.8, 4) is 11.5 Å². The fourth-order valence-electron chi connectivity index (χ4n) is 2.42. The number of rotatable bonds is 5. The zero-order valence-electron chi connectivity index (χ0n) is 14.1. The van der Waals surface area contributed by atoms with Crippen molar-refractivity contribution in [1.82, 2.24) is 0 Å². The predicted molar refractivity (Wildman–Crippen MR) is 107 cm³/mol. The summed E-state index contributed by atoms with van der Waals surface area (Å²) in [5.74, 6) is 0.948. The maximum absolute atomic E-state index is 12.2. The van der Waals surface area contributed by atoms with Crippen LogP contribution >= 0.6 is 31.9 Å². The van der Waals surface area contributed by atoms with Crippen molar-refractivity contribution in [3.05, 3.63) is 62.2 Å². The summed E-state index contributed by atoms with van der Waals surface area (Å²) < 4.78 is 17.8. The Morgan fingerprint density at radius 1 is 1.19 bits per heavy atom. The molecule has 2 aromatic rings. The van der Waals surface area contributed by atoms with Gasteiger partial charge in [0.15, 0.2) is 17.2 Å². The summed E-state index contributed by atoms with van der Waals surface area (Å²) in [6.07, 6.45) is 1.65. The number of esters is 1. The van der Waals surface area contributed by atoms with Crippen LogP contribution in [0.5, 0.6) is 11.5 Å². The number of nitrogens with zero attached hydrogens (tertiary/aromatic N) is 1. The highest BCUT2D eigenvalue weighted by Gasteiger charge is 2.25. The van der Waals surface area contributed by atoms with E-state index in [-0.39, 0.29) is 11.6 Å². The van der Waals surface area contributed by atoms with Crippen molar-refractivity contribution in [2.45, 2.75) is 6.92 Å². The van der Waals surface area contributed by atoms with E-state index in [1.807, 2.05) is 37.3 Å². The Bertz CT molecular complexity index is 922. The van der Waals surface area contributed by atoms with Crippen molar-refractivity contribution in [2.24, 2.45) is 4.99 Å². The molecule has 7 heteroatoms. The Balaban J connectivity index is 1.98. The number of cyclic esters (lactones) is 1. The van der Waals surface area contributed by atoms with E-state index in [9.17, 15) is 4.79 Å². The lowest BCUT2D eigenvalue weighted by atomic mass is 10.1. The van der Waals surface area contributed by atoms with Gasteiger partial charge in [-0.3, -0.25) is 0 Å². The van der Waals surface area contributed by atoms with Crippen LogP contribution in [-0.4, -0.2) is 25.6 Å². The van der Waals surface area contributed by atoms with E-state index in [1.165, 1.54) is 0 Å². The zero-order chi connectivity index (χ0) is 18.7. The standard InChI is InChI=1S/C19H15Br2NO4/c1-3-25-17-14(21)8-11(10-16(17)24-2)9-15-19(23)26-18(22-15)12-6-4-5-7-13(12)20/h4-10H,3H2,1-2H3/b15-9+. The molecule has 0 saturated carbocycles. The molecule has 2 aromatic carbocycles. The first-order valence-corrected chi connectivity index (χ1v) is 9.40. The molecule has 0 N–H and O–H groups in total. The van der Waals surface area contributed by atoms with Crippen molar-refractivity contribution in [1.29, 1.82) is 0 Å². The second-order valence-corrected chi connectivity index (χ2v) is 6.99. The molecule has 0 amide bonds. The molecule has 26 heavy (non-hydrogen) atoms. The summed E-state index contributed by atoms with van der Waals surface area (Å²) in [5, 5.41) is 0. The van der Waals surface area contributed by atoms with Gasteiger partial charge >= 0.3 is 5.97 Å². The minimum Gasteiger partial charge on any atom is -0.493 e. The normalized spacial score (nSPS) is 15.0. The summed E-state index contributed by atoms with van der Waals surface area (Å²) in [4.78, 5) is 16.5. The summed E-state index contributed by atoms with van der Waals surface area (Å²) in [6.45, 7) is 2.41. The minimum absolute atomic E-state index is 0.217. The van der Waals surface area contributed by atoms with E-state index >= 15 is 0 Å². The molecule has 5 nitrogen and oxygen atoms in total. The van der Waals surface area contributed by atoms with Gasteiger partial charge in [0, 0.05) is 4.47 Å². The minimum atomic E-state index is -0.500. The van der Waals surface area contributed by atoms with E-state index in [0.29, 0.717) is 18.1 Å². The van der Waals surface area contributed by atoms with Crippen LogP contribution in [0.4, 0.5) is 0 Å². The molecule has 0 atom stereocenters. The average molecular weight is 481 g/mol. The van der Waals surface area contributed by atoms with Crippen molar-refractivity contribution in [3.63, 3.8) is 0 Å². The molecule has 0 saturated heterocycles. The maximum Gasteiger partial charge on any atom is 0.363 e. The molecule has 3 rings (SSSR count). The molecular weight excluding hydrogens is 466 g/mol. The highest BCUT2D eigenvalue weighted by atomic mass is 79.9. The molecule has 0 radical (unpaired) electrons. The maximum atomic E-state index is 12.2. The summed E-state index contributed by atoms with van der Waals surface area (Å²) in [7, 11) is 1.56. The number of hydrogen-bond acceptors (Lipinski definition) is 5. The number of hydrogen-bond donors (Lipinski definition) is 0. The van der Waals surface area contributed by atoms with Gasteiger partial charge < -0.3 is 14.2 Å². The van der Waals surface area contributed by atoms with Crippen LogP contribution in [0, 0.1) is 0 Å². The third-order valence-electron chi connectivity index (χ3n) is 3.57. The number of carbonyl (C=O) groups is 1. The molecule has 1 aliphatic rings. The van der Waals surface area contributed by atoms with Gasteiger partial charge in [0.05, 0.1) is 23.8 Å². The van der Waals surface area contributed by atoms with Crippen LogP contribution < -0.4 is 9.47 Å². The molecule has 0 unspecified atom stereocenters. The quantitative estimate of drug-likeness (QED) is 0.448. The Kier molecular flexibility index (Phi) is 5.78. The van der Waals surface area contributed by atoms with Crippen LogP contribution in [0.3, 0.4) is 0 Å². The van der Waals surface area contributed by atoms with Gasteiger partial charge in [0.1, 0.15) is 0 Å². The fraction of sp³-hybridized carbons (Fsp3) is 0.158. The monoisotopic (exact) mass is 479 g/mol. The lowest BCUT2D eigenvalue weighted by Crippen LogP contribution is -2.05. The summed E-state index contributed by atoms with van der Waals surface area (Å²) >= 11 is 6.91. The molecular formula is C19H15Br2NO4. The topological polar surface area (TPSA) is 57.1 Å². The van der Waals surface area contributed by atoms with E-state index in [0.717, 1.165) is 20.1 Å². The Hall–Kier alpha value is -2.12. The largest absolute Gasteiger partial charge is 0.493 e. The molecule has 134 valence electrons. The van der Waals surface area contributed by atoms with Gasteiger partial charge in [-0.15, -0.1) is 0 Å². The average Bonchev–Trinajstić information content (AvgIpc) is 2.98. The first-order chi connectivity index (χ1) is 12.5. The third kappa shape index (κ3) is 3.83. The fourth-order valence-corrected chi connectivity index (χ4v) is 3.45. The van der Waals surface area contributed by atoms with E-state index in [4.69, 9.17) is 14.2 Å². The summed E-state index contributed by atoms with van der Waals surface area (Å²) in [5.41, 5.74) is 1.67. The lowest BCUT2D eigenvalue weighted by molar-refractivity contribution is -0.129. The highest BCUT2D eigenvalue weighted by Crippen LogP contribution is 2.37. The lowest BCUT2D eigenvalue weighted by Gasteiger charge is -2.12. The van der Waals surface area contributed by atoms with Gasteiger partial charge in [-0.25, -0.2) is 9.79 Å². The first-order valence-electron chi connectivity index (χ1n) is 7.81.